The van der Waals surface area contributed by atoms with Crippen LogP contribution >= 0.6 is 0 Å². The highest BCUT2D eigenvalue weighted by Gasteiger charge is 2.13. The molecule has 0 fully saturated rings. The van der Waals surface area contributed by atoms with Gasteiger partial charge in [-0.05, 0) is 17.7 Å². The molecule has 6 heteroatoms. The van der Waals surface area contributed by atoms with Gasteiger partial charge in [-0.1, -0.05) is 6.07 Å². The molecule has 72 valence electrons. The van der Waals surface area contributed by atoms with Gasteiger partial charge in [0.25, 0.3) is 0 Å². The van der Waals surface area contributed by atoms with Crippen molar-refractivity contribution in [2.45, 2.75) is 11.4 Å². The summed E-state index contributed by atoms with van der Waals surface area (Å²) in [6, 6.07) is 3.58. The molecule has 1 rings (SSSR count). The highest BCUT2D eigenvalue weighted by atomic mass is 32.2. The molecule has 0 heterocycles. The van der Waals surface area contributed by atoms with Gasteiger partial charge in [0.05, 0.1) is 0 Å². The quantitative estimate of drug-likeness (QED) is 0.707. The molecule has 0 unspecified atom stereocenters. The zero-order valence-electron chi connectivity index (χ0n) is 6.70. The Morgan fingerprint density at radius 1 is 1.38 bits per heavy atom. The second-order valence-corrected chi connectivity index (χ2v) is 4.04. The summed E-state index contributed by atoms with van der Waals surface area (Å²) >= 11 is 0. The van der Waals surface area contributed by atoms with Gasteiger partial charge in [0.2, 0.25) is 10.0 Å². The first-order chi connectivity index (χ1) is 5.95. The minimum Gasteiger partial charge on any atom is -0.326 e. The van der Waals surface area contributed by atoms with Gasteiger partial charge in [-0.15, -0.1) is 0 Å². The molecule has 0 aliphatic carbocycles. The monoisotopic (exact) mass is 204 g/mol. The fourth-order valence-electron chi connectivity index (χ4n) is 0.902. The Bertz CT molecular complexity index is 417. The Morgan fingerprint density at radius 3 is 2.38 bits per heavy atom. The van der Waals surface area contributed by atoms with Crippen LogP contribution in [0.5, 0.6) is 0 Å². The first-order valence-corrected chi connectivity index (χ1v) is 5.01. The Labute approximate surface area is 75.4 Å². The lowest BCUT2D eigenvalue weighted by Gasteiger charge is -2.01. The molecule has 0 radical (unpaired) electrons. The van der Waals surface area contributed by atoms with Gasteiger partial charge >= 0.3 is 0 Å². The van der Waals surface area contributed by atoms with Crippen LogP contribution in [0, 0.1) is 5.82 Å². The molecule has 4 nitrogen and oxygen atoms in total. The summed E-state index contributed by atoms with van der Waals surface area (Å²) in [5.74, 6) is -0.870. The fraction of sp³-hybridized carbons (Fsp3) is 0.143. The Kier molecular flexibility index (Phi) is 2.65. The second-order valence-electron chi connectivity index (χ2n) is 2.51. The van der Waals surface area contributed by atoms with Crippen LogP contribution < -0.4 is 10.9 Å². The first-order valence-electron chi connectivity index (χ1n) is 3.46. The summed E-state index contributed by atoms with van der Waals surface area (Å²) < 4.78 is 34.5. The molecule has 0 atom stereocenters. The van der Waals surface area contributed by atoms with E-state index in [0.717, 1.165) is 12.1 Å². The van der Waals surface area contributed by atoms with Crippen LogP contribution in [0.15, 0.2) is 23.1 Å². The molecule has 0 aromatic heterocycles. The van der Waals surface area contributed by atoms with Crippen molar-refractivity contribution in [3.63, 3.8) is 0 Å². The molecular weight excluding hydrogens is 195 g/mol. The van der Waals surface area contributed by atoms with Crippen LogP contribution in [-0.4, -0.2) is 8.42 Å². The maximum atomic E-state index is 13.0. The number of nitrogens with two attached hydrogens (primary N) is 2. The van der Waals surface area contributed by atoms with Crippen LogP contribution in [0.25, 0.3) is 0 Å². The van der Waals surface area contributed by atoms with E-state index in [0.29, 0.717) is 5.56 Å². The molecule has 0 spiro atoms. The number of hydrogen-bond donors (Lipinski definition) is 2. The van der Waals surface area contributed by atoms with Gasteiger partial charge < -0.3 is 5.73 Å². The van der Waals surface area contributed by atoms with E-state index < -0.39 is 20.7 Å². The van der Waals surface area contributed by atoms with Crippen LogP contribution in [0.4, 0.5) is 4.39 Å². The Balaban J connectivity index is 3.29. The summed E-state index contributed by atoms with van der Waals surface area (Å²) in [5.41, 5.74) is 5.75. The topological polar surface area (TPSA) is 86.2 Å². The lowest BCUT2D eigenvalue weighted by molar-refractivity contribution is 0.567. The van der Waals surface area contributed by atoms with Crippen molar-refractivity contribution in [3.8, 4) is 0 Å². The number of hydrogen-bond acceptors (Lipinski definition) is 3. The summed E-state index contributed by atoms with van der Waals surface area (Å²) in [5, 5.41) is 4.75. The molecule has 1 aromatic rings. The van der Waals surface area contributed by atoms with Gasteiger partial charge in [-0.2, -0.15) is 0 Å². The van der Waals surface area contributed by atoms with Crippen molar-refractivity contribution in [2.75, 3.05) is 0 Å². The highest BCUT2D eigenvalue weighted by molar-refractivity contribution is 7.89. The third-order valence-electron chi connectivity index (χ3n) is 1.54. The van der Waals surface area contributed by atoms with E-state index in [1.165, 1.54) is 6.07 Å². The van der Waals surface area contributed by atoms with Crippen molar-refractivity contribution >= 4 is 10.0 Å². The number of rotatable bonds is 2. The summed E-state index contributed by atoms with van der Waals surface area (Å²) in [6.07, 6.45) is 0. The normalized spacial score (nSPS) is 11.6. The molecule has 0 saturated carbocycles. The highest BCUT2D eigenvalue weighted by Crippen LogP contribution is 2.13. The first kappa shape index (κ1) is 10.1. The predicted molar refractivity (Wildman–Crippen MR) is 45.7 cm³/mol. The Morgan fingerprint density at radius 2 is 2.00 bits per heavy atom. The summed E-state index contributed by atoms with van der Waals surface area (Å²) in [7, 11) is -3.97. The van der Waals surface area contributed by atoms with E-state index in [9.17, 15) is 12.8 Å². The van der Waals surface area contributed by atoms with E-state index in [1.54, 1.807) is 0 Å². The van der Waals surface area contributed by atoms with Gasteiger partial charge in [0.15, 0.2) is 0 Å². The lowest BCUT2D eigenvalue weighted by Crippen LogP contribution is -2.14. The zero-order valence-corrected chi connectivity index (χ0v) is 7.51. The number of benzene rings is 1. The molecule has 0 bridgehead atoms. The minimum atomic E-state index is -3.97. The second kappa shape index (κ2) is 3.41. The van der Waals surface area contributed by atoms with Crippen LogP contribution in [0.2, 0.25) is 0 Å². The third kappa shape index (κ3) is 2.24. The van der Waals surface area contributed by atoms with Crippen molar-refractivity contribution in [2.24, 2.45) is 10.9 Å². The maximum Gasteiger partial charge on any atom is 0.240 e. The van der Waals surface area contributed by atoms with Crippen molar-refractivity contribution in [1.29, 1.82) is 0 Å². The van der Waals surface area contributed by atoms with Gasteiger partial charge in [0, 0.05) is 6.54 Å². The van der Waals surface area contributed by atoms with E-state index in [4.69, 9.17) is 10.9 Å². The smallest absolute Gasteiger partial charge is 0.240 e. The van der Waals surface area contributed by atoms with Gasteiger partial charge in [0.1, 0.15) is 10.7 Å². The van der Waals surface area contributed by atoms with E-state index >= 15 is 0 Å². The molecular formula is C7H9FN2O2S. The number of sulfonamides is 1. The van der Waals surface area contributed by atoms with E-state index in [1.807, 2.05) is 0 Å². The van der Waals surface area contributed by atoms with E-state index in [-0.39, 0.29) is 6.54 Å². The predicted octanol–water partition coefficient (Wildman–Crippen LogP) is -0.0682. The Hall–Kier alpha value is -0.980. The van der Waals surface area contributed by atoms with Crippen LogP contribution in [0.1, 0.15) is 5.56 Å². The van der Waals surface area contributed by atoms with Gasteiger partial charge in [-0.25, -0.2) is 17.9 Å². The largest absolute Gasteiger partial charge is 0.326 e. The molecule has 0 saturated heterocycles. The molecule has 1 aromatic carbocycles. The number of halogens is 1. The molecule has 0 aliphatic rings. The summed E-state index contributed by atoms with van der Waals surface area (Å²) in [4.78, 5) is -0.510. The van der Waals surface area contributed by atoms with Crippen molar-refractivity contribution in [3.05, 3.63) is 29.6 Å². The van der Waals surface area contributed by atoms with Crippen molar-refractivity contribution < 1.29 is 12.8 Å². The maximum absolute atomic E-state index is 13.0. The van der Waals surface area contributed by atoms with Crippen molar-refractivity contribution in [1.82, 2.24) is 0 Å². The standard InChI is InChI=1S/C7H9FN2O2S/c8-6-3-5(4-9)1-2-7(6)13(10,11)12/h1-3H,4,9H2,(H2,10,11,12). The third-order valence-corrected chi connectivity index (χ3v) is 2.48. The minimum absolute atomic E-state index is 0.155. The average molecular weight is 204 g/mol. The van der Waals surface area contributed by atoms with Crippen LogP contribution in [0.3, 0.4) is 0 Å². The molecule has 13 heavy (non-hydrogen) atoms. The van der Waals surface area contributed by atoms with Gasteiger partial charge in [-0.3, -0.25) is 0 Å². The molecule has 4 N–H and O–H groups in total. The molecule has 0 amide bonds. The number of primary sulfonamides is 1. The fourth-order valence-corrected chi connectivity index (χ4v) is 1.49. The van der Waals surface area contributed by atoms with Crippen LogP contribution in [-0.2, 0) is 16.6 Å². The average Bonchev–Trinajstić information content (AvgIpc) is 2.01. The summed E-state index contributed by atoms with van der Waals surface area (Å²) in [6.45, 7) is 0.155. The van der Waals surface area contributed by atoms with E-state index in [2.05, 4.69) is 0 Å². The lowest BCUT2D eigenvalue weighted by atomic mass is 10.2. The SMILES string of the molecule is NCc1ccc(S(N)(=O)=O)c(F)c1. The zero-order chi connectivity index (χ0) is 10.1. The molecule has 0 aliphatic heterocycles.